The van der Waals surface area contributed by atoms with E-state index in [0.29, 0.717) is 23.1 Å². The normalized spacial score (nSPS) is 17.6. The smallest absolute Gasteiger partial charge is 0.240 e. The second-order valence-electron chi connectivity index (χ2n) is 5.70. The molecule has 1 aliphatic heterocycles. The van der Waals surface area contributed by atoms with E-state index >= 15 is 0 Å². The highest BCUT2D eigenvalue weighted by Crippen LogP contribution is 2.26. The lowest BCUT2D eigenvalue weighted by molar-refractivity contribution is -0.122. The minimum atomic E-state index is -0.498. The molecule has 2 amide bonds. The maximum atomic E-state index is 12.2. The van der Waals surface area contributed by atoms with Crippen LogP contribution in [0.5, 0.6) is 5.75 Å². The molecule has 0 aliphatic carbocycles. The van der Waals surface area contributed by atoms with Crippen LogP contribution < -0.4 is 15.4 Å². The number of nitrogens with zero attached hydrogens (tertiary/aromatic N) is 1. The number of carbonyl (C=O) groups excluding carboxylic acids is 2. The topological polar surface area (TPSA) is 79.8 Å². The zero-order valence-corrected chi connectivity index (χ0v) is 17.0. The van der Waals surface area contributed by atoms with Gasteiger partial charge >= 0.3 is 0 Å². The quantitative estimate of drug-likeness (QED) is 0.698. The first kappa shape index (κ1) is 19.4. The predicted molar refractivity (Wildman–Crippen MR) is 112 cm³/mol. The molecule has 2 N–H and O–H groups in total. The van der Waals surface area contributed by atoms with Gasteiger partial charge in [-0.1, -0.05) is 27.7 Å². The van der Waals surface area contributed by atoms with Crippen molar-refractivity contribution in [1.82, 2.24) is 5.32 Å². The SMILES string of the molecule is CCOc1ccc(N=C2NC(=O)C(CC(=O)Nc3ccc(Br)cc3)S2)cc1. The zero-order chi connectivity index (χ0) is 19.2. The molecule has 1 heterocycles. The van der Waals surface area contributed by atoms with Crippen LogP contribution in [-0.4, -0.2) is 28.8 Å². The zero-order valence-electron chi connectivity index (χ0n) is 14.6. The third kappa shape index (κ3) is 5.58. The molecule has 8 heteroatoms. The van der Waals surface area contributed by atoms with E-state index in [2.05, 4.69) is 31.6 Å². The summed E-state index contributed by atoms with van der Waals surface area (Å²) in [4.78, 5) is 28.7. The average Bonchev–Trinajstić information content (AvgIpc) is 2.98. The number of anilines is 1. The van der Waals surface area contributed by atoms with Gasteiger partial charge in [-0.25, -0.2) is 4.99 Å². The minimum absolute atomic E-state index is 0.0782. The van der Waals surface area contributed by atoms with Gasteiger partial charge in [-0.05, 0) is 55.5 Å². The largest absolute Gasteiger partial charge is 0.494 e. The van der Waals surface area contributed by atoms with Crippen LogP contribution in [-0.2, 0) is 9.59 Å². The highest BCUT2D eigenvalue weighted by atomic mass is 79.9. The fourth-order valence-corrected chi connectivity index (χ4v) is 3.66. The molecule has 2 aromatic rings. The summed E-state index contributed by atoms with van der Waals surface area (Å²) in [5.74, 6) is 0.343. The maximum Gasteiger partial charge on any atom is 0.240 e. The fourth-order valence-electron chi connectivity index (χ4n) is 2.41. The van der Waals surface area contributed by atoms with E-state index in [-0.39, 0.29) is 18.2 Å². The molecule has 0 radical (unpaired) electrons. The molecule has 0 spiro atoms. The molecule has 2 aromatic carbocycles. The van der Waals surface area contributed by atoms with Crippen molar-refractivity contribution in [1.29, 1.82) is 0 Å². The summed E-state index contributed by atoms with van der Waals surface area (Å²) in [5.41, 5.74) is 1.40. The summed E-state index contributed by atoms with van der Waals surface area (Å²) < 4.78 is 6.33. The van der Waals surface area contributed by atoms with Gasteiger partial charge in [0.2, 0.25) is 11.8 Å². The predicted octanol–water partition coefficient (Wildman–Crippen LogP) is 4.10. The summed E-state index contributed by atoms with van der Waals surface area (Å²) in [6.45, 7) is 2.52. The second-order valence-corrected chi connectivity index (χ2v) is 7.81. The Morgan fingerprint density at radius 3 is 2.59 bits per heavy atom. The number of hydrogen-bond donors (Lipinski definition) is 2. The van der Waals surface area contributed by atoms with Gasteiger partial charge in [-0.3, -0.25) is 9.59 Å². The van der Waals surface area contributed by atoms with Crippen molar-refractivity contribution in [2.24, 2.45) is 4.99 Å². The molecule has 1 saturated heterocycles. The third-order valence-electron chi connectivity index (χ3n) is 3.65. The fraction of sp³-hybridized carbons (Fsp3) is 0.211. The molecule has 3 rings (SSSR count). The lowest BCUT2D eigenvalue weighted by atomic mass is 10.2. The summed E-state index contributed by atoms with van der Waals surface area (Å²) in [7, 11) is 0. The first-order chi connectivity index (χ1) is 13.0. The van der Waals surface area contributed by atoms with E-state index in [1.54, 1.807) is 12.1 Å². The molecule has 140 valence electrons. The number of halogens is 1. The number of nitrogens with one attached hydrogen (secondary N) is 2. The van der Waals surface area contributed by atoms with Crippen molar-refractivity contribution in [2.45, 2.75) is 18.6 Å². The number of carbonyl (C=O) groups is 2. The van der Waals surface area contributed by atoms with Crippen LogP contribution in [0.4, 0.5) is 11.4 Å². The first-order valence-electron chi connectivity index (χ1n) is 8.38. The Labute approximate surface area is 169 Å². The molecule has 1 fully saturated rings. The number of thioether (sulfide) groups is 1. The number of amides is 2. The van der Waals surface area contributed by atoms with Crippen molar-refractivity contribution in [3.05, 3.63) is 53.0 Å². The third-order valence-corrected chi connectivity index (χ3v) is 5.26. The van der Waals surface area contributed by atoms with Crippen LogP contribution in [0.2, 0.25) is 0 Å². The van der Waals surface area contributed by atoms with E-state index in [9.17, 15) is 9.59 Å². The van der Waals surface area contributed by atoms with Crippen LogP contribution in [0.25, 0.3) is 0 Å². The molecule has 0 saturated carbocycles. The number of ether oxygens (including phenoxy) is 1. The highest BCUT2D eigenvalue weighted by molar-refractivity contribution is 9.10. The number of rotatable bonds is 6. The van der Waals surface area contributed by atoms with Gasteiger partial charge in [0.05, 0.1) is 12.3 Å². The molecular formula is C19H18BrN3O3S. The number of aliphatic imine (C=N–C) groups is 1. The Kier molecular flexibility index (Phi) is 6.52. The Bertz CT molecular complexity index is 854. The number of hydrogen-bond acceptors (Lipinski definition) is 5. The Hall–Kier alpha value is -2.32. The van der Waals surface area contributed by atoms with Crippen LogP contribution >= 0.6 is 27.7 Å². The van der Waals surface area contributed by atoms with E-state index in [4.69, 9.17) is 4.74 Å². The van der Waals surface area contributed by atoms with Crippen LogP contribution in [0.3, 0.4) is 0 Å². The lowest BCUT2D eigenvalue weighted by Crippen LogP contribution is -2.28. The van der Waals surface area contributed by atoms with Gasteiger partial charge in [0.25, 0.3) is 0 Å². The van der Waals surface area contributed by atoms with Crippen LogP contribution in [0, 0.1) is 0 Å². The standard InChI is InChI=1S/C19H18BrN3O3S/c1-2-26-15-9-7-14(8-10-15)22-19-23-18(25)16(27-19)11-17(24)21-13-5-3-12(20)4-6-13/h3-10,16H,2,11H2,1H3,(H,21,24)(H,22,23,25). The van der Waals surface area contributed by atoms with Gasteiger partial charge in [0.1, 0.15) is 11.0 Å². The summed E-state index contributed by atoms with van der Waals surface area (Å²) in [5, 5.41) is 5.51. The minimum Gasteiger partial charge on any atom is -0.494 e. The lowest BCUT2D eigenvalue weighted by Gasteiger charge is -2.07. The van der Waals surface area contributed by atoms with E-state index in [1.165, 1.54) is 11.8 Å². The number of amidine groups is 1. The molecule has 1 aliphatic rings. The van der Waals surface area contributed by atoms with Crippen molar-refractivity contribution >= 4 is 56.0 Å². The van der Waals surface area contributed by atoms with Gasteiger partial charge in [0, 0.05) is 16.6 Å². The van der Waals surface area contributed by atoms with Crippen molar-refractivity contribution in [3.8, 4) is 5.75 Å². The summed E-state index contributed by atoms with van der Waals surface area (Å²) in [6.07, 6.45) is 0.0782. The summed E-state index contributed by atoms with van der Waals surface area (Å²) >= 11 is 4.61. The Morgan fingerprint density at radius 2 is 1.93 bits per heavy atom. The van der Waals surface area contributed by atoms with Crippen molar-refractivity contribution in [3.63, 3.8) is 0 Å². The molecule has 0 bridgehead atoms. The van der Waals surface area contributed by atoms with Crippen LogP contribution in [0.15, 0.2) is 58.0 Å². The van der Waals surface area contributed by atoms with Gasteiger partial charge in [-0.15, -0.1) is 0 Å². The average molecular weight is 448 g/mol. The first-order valence-corrected chi connectivity index (χ1v) is 10.1. The van der Waals surface area contributed by atoms with Crippen molar-refractivity contribution in [2.75, 3.05) is 11.9 Å². The maximum absolute atomic E-state index is 12.2. The molecule has 6 nitrogen and oxygen atoms in total. The molecular weight excluding hydrogens is 430 g/mol. The molecule has 1 unspecified atom stereocenters. The van der Waals surface area contributed by atoms with Gasteiger partial charge in [-0.2, -0.15) is 0 Å². The van der Waals surface area contributed by atoms with Crippen molar-refractivity contribution < 1.29 is 14.3 Å². The van der Waals surface area contributed by atoms with E-state index in [1.807, 2.05) is 43.3 Å². The Balaban J connectivity index is 1.57. The van der Waals surface area contributed by atoms with E-state index < -0.39 is 5.25 Å². The second kappa shape index (κ2) is 9.05. The monoisotopic (exact) mass is 447 g/mol. The molecule has 1 atom stereocenters. The van der Waals surface area contributed by atoms with Crippen LogP contribution in [0.1, 0.15) is 13.3 Å². The molecule has 0 aromatic heterocycles. The summed E-state index contributed by atoms with van der Waals surface area (Å²) in [6, 6.07) is 14.6. The highest BCUT2D eigenvalue weighted by Gasteiger charge is 2.32. The van der Waals surface area contributed by atoms with Gasteiger partial charge < -0.3 is 15.4 Å². The number of benzene rings is 2. The Morgan fingerprint density at radius 1 is 1.22 bits per heavy atom. The van der Waals surface area contributed by atoms with E-state index in [0.717, 1.165) is 10.2 Å². The molecule has 27 heavy (non-hydrogen) atoms. The van der Waals surface area contributed by atoms with Gasteiger partial charge in [0.15, 0.2) is 5.17 Å².